The molecule has 1 fully saturated rings. The van der Waals surface area contributed by atoms with Crippen LogP contribution in [-0.2, 0) is 4.79 Å². The van der Waals surface area contributed by atoms with Gasteiger partial charge in [0.1, 0.15) is 21.2 Å². The van der Waals surface area contributed by atoms with Crippen LogP contribution in [0.2, 0.25) is 9.36 Å². The van der Waals surface area contributed by atoms with Gasteiger partial charge in [0.05, 0.1) is 0 Å². The standard InChI is InChI=1S/C24H22Cl2FN3O2S/c1-14-6-2-5-9-18(14)30(24(32)20-19(25)22(26)33-29-20)21(15-10-12-16(27)13-11-15)23(31)28-17-7-3-4-8-17/h2,5-6,9-13,17,21H,3-4,7-8H2,1H3,(H,28,31)/t21-/m0/s1. The van der Waals surface area contributed by atoms with E-state index in [4.69, 9.17) is 23.2 Å². The zero-order valence-corrected chi connectivity index (χ0v) is 20.2. The van der Waals surface area contributed by atoms with Gasteiger partial charge in [0.2, 0.25) is 5.91 Å². The van der Waals surface area contributed by atoms with E-state index in [0.29, 0.717) is 11.3 Å². The van der Waals surface area contributed by atoms with Crippen LogP contribution in [-0.4, -0.2) is 22.2 Å². The third kappa shape index (κ3) is 5.05. The van der Waals surface area contributed by atoms with Gasteiger partial charge >= 0.3 is 0 Å². The second-order valence-electron chi connectivity index (χ2n) is 8.02. The lowest BCUT2D eigenvalue weighted by atomic mass is 10.0. The molecule has 0 bridgehead atoms. The summed E-state index contributed by atoms with van der Waals surface area (Å²) in [6, 6.07) is 11.8. The van der Waals surface area contributed by atoms with Crippen molar-refractivity contribution in [1.82, 2.24) is 9.69 Å². The number of nitrogens with zero attached hydrogens (tertiary/aromatic N) is 2. The van der Waals surface area contributed by atoms with E-state index in [1.54, 1.807) is 12.1 Å². The molecule has 0 spiro atoms. The number of hydrogen-bond acceptors (Lipinski definition) is 4. The first kappa shape index (κ1) is 23.7. The van der Waals surface area contributed by atoms with Crippen LogP contribution in [0.15, 0.2) is 48.5 Å². The van der Waals surface area contributed by atoms with Crippen LogP contribution >= 0.6 is 34.7 Å². The Morgan fingerprint density at radius 1 is 1.12 bits per heavy atom. The van der Waals surface area contributed by atoms with Gasteiger partial charge in [-0.15, -0.1) is 0 Å². The predicted octanol–water partition coefficient (Wildman–Crippen LogP) is 6.34. The van der Waals surface area contributed by atoms with Crippen LogP contribution in [0.4, 0.5) is 10.1 Å². The topological polar surface area (TPSA) is 62.3 Å². The van der Waals surface area contributed by atoms with Crippen molar-refractivity contribution in [3.8, 4) is 0 Å². The van der Waals surface area contributed by atoms with Crippen molar-refractivity contribution in [2.24, 2.45) is 0 Å². The molecular formula is C24H22Cl2FN3O2S. The second-order valence-corrected chi connectivity index (χ2v) is 9.78. The van der Waals surface area contributed by atoms with Gasteiger partial charge in [-0.05, 0) is 60.6 Å². The van der Waals surface area contributed by atoms with E-state index in [1.165, 1.54) is 29.2 Å². The first-order valence-electron chi connectivity index (χ1n) is 10.6. The fraction of sp³-hybridized carbons (Fsp3) is 0.292. The zero-order valence-electron chi connectivity index (χ0n) is 17.9. The maximum absolute atomic E-state index is 13.8. The number of halogens is 3. The van der Waals surface area contributed by atoms with E-state index in [-0.39, 0.29) is 27.0 Å². The number of benzene rings is 2. The number of para-hydroxylation sites is 1. The monoisotopic (exact) mass is 505 g/mol. The molecule has 2 aromatic carbocycles. The van der Waals surface area contributed by atoms with Crippen molar-refractivity contribution < 1.29 is 14.0 Å². The minimum atomic E-state index is -1.06. The molecule has 4 rings (SSSR count). The smallest absolute Gasteiger partial charge is 0.280 e. The highest BCUT2D eigenvalue weighted by Gasteiger charge is 2.37. The third-order valence-corrected chi connectivity index (χ3v) is 7.40. The zero-order chi connectivity index (χ0) is 23.5. The lowest BCUT2D eigenvalue weighted by Crippen LogP contribution is -2.46. The number of aryl methyl sites for hydroxylation is 1. The minimum Gasteiger partial charge on any atom is -0.351 e. The molecule has 172 valence electrons. The summed E-state index contributed by atoms with van der Waals surface area (Å²) < 4.78 is 18.1. The van der Waals surface area contributed by atoms with Gasteiger partial charge in [-0.1, -0.05) is 66.4 Å². The Balaban J connectivity index is 1.85. The fourth-order valence-electron chi connectivity index (χ4n) is 4.12. The molecule has 1 atom stereocenters. The van der Waals surface area contributed by atoms with Gasteiger partial charge in [-0.2, -0.15) is 4.37 Å². The number of rotatable bonds is 6. The van der Waals surface area contributed by atoms with Crippen molar-refractivity contribution in [3.05, 3.63) is 80.5 Å². The molecule has 33 heavy (non-hydrogen) atoms. The summed E-state index contributed by atoms with van der Waals surface area (Å²) >= 11 is 13.3. The molecule has 1 aliphatic rings. The quantitative estimate of drug-likeness (QED) is 0.424. The van der Waals surface area contributed by atoms with Crippen molar-refractivity contribution in [1.29, 1.82) is 0 Å². The molecule has 0 unspecified atom stereocenters. The highest BCUT2D eigenvalue weighted by atomic mass is 35.5. The van der Waals surface area contributed by atoms with Crippen LogP contribution in [0.25, 0.3) is 0 Å². The maximum atomic E-state index is 13.8. The van der Waals surface area contributed by atoms with Crippen molar-refractivity contribution in [3.63, 3.8) is 0 Å². The Labute approximate surface area is 205 Å². The Morgan fingerprint density at radius 2 is 1.79 bits per heavy atom. The molecule has 1 N–H and O–H groups in total. The van der Waals surface area contributed by atoms with Gasteiger partial charge in [-0.3, -0.25) is 14.5 Å². The molecule has 3 aromatic rings. The molecule has 0 radical (unpaired) electrons. The highest BCUT2D eigenvalue weighted by molar-refractivity contribution is 7.11. The summed E-state index contributed by atoms with van der Waals surface area (Å²) in [5.41, 5.74) is 1.75. The van der Waals surface area contributed by atoms with Crippen LogP contribution in [0.5, 0.6) is 0 Å². The molecule has 2 amide bonds. The maximum Gasteiger partial charge on any atom is 0.280 e. The van der Waals surface area contributed by atoms with E-state index in [0.717, 1.165) is 42.8 Å². The van der Waals surface area contributed by atoms with E-state index >= 15 is 0 Å². The second kappa shape index (κ2) is 10.2. The van der Waals surface area contributed by atoms with Crippen LogP contribution in [0, 0.1) is 12.7 Å². The fourth-order valence-corrected chi connectivity index (χ4v) is 5.11. The summed E-state index contributed by atoms with van der Waals surface area (Å²) in [7, 11) is 0. The predicted molar refractivity (Wildman–Crippen MR) is 130 cm³/mol. The largest absolute Gasteiger partial charge is 0.351 e. The number of amides is 2. The lowest BCUT2D eigenvalue weighted by molar-refractivity contribution is -0.123. The van der Waals surface area contributed by atoms with Gasteiger partial charge in [0.15, 0.2) is 5.69 Å². The van der Waals surface area contributed by atoms with E-state index in [1.807, 2.05) is 19.1 Å². The number of aromatic nitrogens is 1. The summed E-state index contributed by atoms with van der Waals surface area (Å²) in [6.07, 6.45) is 3.85. The number of hydrogen-bond donors (Lipinski definition) is 1. The Kier molecular flexibility index (Phi) is 7.32. The van der Waals surface area contributed by atoms with Gasteiger partial charge < -0.3 is 5.32 Å². The first-order chi connectivity index (χ1) is 15.9. The van der Waals surface area contributed by atoms with E-state index < -0.39 is 17.8 Å². The Bertz CT molecular complexity index is 1160. The Morgan fingerprint density at radius 3 is 2.39 bits per heavy atom. The molecule has 1 aliphatic carbocycles. The van der Waals surface area contributed by atoms with E-state index in [2.05, 4.69) is 9.69 Å². The number of nitrogens with one attached hydrogen (secondary N) is 1. The van der Waals surface area contributed by atoms with E-state index in [9.17, 15) is 14.0 Å². The molecular weight excluding hydrogens is 484 g/mol. The first-order valence-corrected chi connectivity index (χ1v) is 12.2. The van der Waals surface area contributed by atoms with Crippen LogP contribution < -0.4 is 10.2 Å². The normalized spacial score (nSPS) is 14.8. The molecule has 0 aliphatic heterocycles. The van der Waals surface area contributed by atoms with Gasteiger partial charge in [-0.25, -0.2) is 4.39 Å². The summed E-state index contributed by atoms with van der Waals surface area (Å²) in [5, 5.41) is 3.13. The average Bonchev–Trinajstić information content (AvgIpc) is 3.43. The van der Waals surface area contributed by atoms with Crippen molar-refractivity contribution in [2.75, 3.05) is 4.90 Å². The number of carbonyl (C=O) groups excluding carboxylic acids is 2. The molecule has 0 saturated heterocycles. The minimum absolute atomic E-state index is 0.0318. The number of carbonyl (C=O) groups is 2. The SMILES string of the molecule is Cc1ccccc1N(C(=O)c1nsc(Cl)c1Cl)[C@H](C(=O)NC1CCCC1)c1ccc(F)cc1. The highest BCUT2D eigenvalue weighted by Crippen LogP contribution is 2.36. The van der Waals surface area contributed by atoms with Crippen molar-refractivity contribution in [2.45, 2.75) is 44.7 Å². The molecule has 5 nitrogen and oxygen atoms in total. The molecule has 1 aromatic heterocycles. The lowest BCUT2D eigenvalue weighted by Gasteiger charge is -2.33. The Hall–Kier alpha value is -2.48. The van der Waals surface area contributed by atoms with Crippen LogP contribution in [0.1, 0.15) is 53.3 Å². The summed E-state index contributed by atoms with van der Waals surface area (Å²) in [5.74, 6) is -1.34. The summed E-state index contributed by atoms with van der Waals surface area (Å²) in [4.78, 5) is 28.9. The molecule has 9 heteroatoms. The van der Waals surface area contributed by atoms with Crippen molar-refractivity contribution >= 4 is 52.2 Å². The van der Waals surface area contributed by atoms with Crippen LogP contribution in [0.3, 0.4) is 0 Å². The number of anilines is 1. The van der Waals surface area contributed by atoms with Gasteiger partial charge in [0, 0.05) is 11.7 Å². The molecule has 1 saturated carbocycles. The summed E-state index contributed by atoms with van der Waals surface area (Å²) in [6.45, 7) is 1.85. The van der Waals surface area contributed by atoms with Gasteiger partial charge in [0.25, 0.3) is 5.91 Å². The molecule has 1 heterocycles. The average molecular weight is 506 g/mol. The third-order valence-electron chi connectivity index (χ3n) is 5.79.